The number of ether oxygens (including phenoxy) is 1. The minimum Gasteiger partial charge on any atom is -0.380 e. The molecule has 190 valence electrons. The van der Waals surface area contributed by atoms with Crippen molar-refractivity contribution in [3.63, 3.8) is 0 Å². The Morgan fingerprint density at radius 2 is 2.06 bits per heavy atom. The predicted molar refractivity (Wildman–Crippen MR) is 125 cm³/mol. The van der Waals surface area contributed by atoms with E-state index in [9.17, 15) is 23.2 Å². The number of carbonyl (C=O) groups excluding carboxylic acids is 1. The summed E-state index contributed by atoms with van der Waals surface area (Å²) in [4.78, 5) is 18.3. The fourth-order valence-electron chi connectivity index (χ4n) is 4.38. The standard InChI is InChI=1S/C16H16ClN3O.C7H7F3N4O/c1-21-13-3-2-6-20(10-13)16-11(8-18)9-19-15-5-4-12(17)7-14(15)16;8-7(9,10)6-12-11-5-3-13(4-15)1-2-14(5)6/h4-5,7,9,13H,2-3,6,10H2,1H3;4H,1-3H2. The predicted octanol–water partition coefficient (Wildman–Crippen LogP) is 3.64. The van der Waals surface area contributed by atoms with E-state index >= 15 is 0 Å². The summed E-state index contributed by atoms with van der Waals surface area (Å²) in [5.41, 5.74) is 2.36. The summed E-state index contributed by atoms with van der Waals surface area (Å²) in [6.45, 7) is 2.11. The second-order valence-electron chi connectivity index (χ2n) is 8.40. The molecule has 13 heteroatoms. The Labute approximate surface area is 210 Å². The molecule has 2 aliphatic rings. The van der Waals surface area contributed by atoms with Gasteiger partial charge in [0.1, 0.15) is 6.07 Å². The van der Waals surface area contributed by atoms with Crippen LogP contribution in [-0.4, -0.2) is 63.9 Å². The molecule has 0 spiro atoms. The van der Waals surface area contributed by atoms with Crippen molar-refractivity contribution in [1.82, 2.24) is 24.6 Å². The molecule has 0 aliphatic carbocycles. The highest BCUT2D eigenvalue weighted by molar-refractivity contribution is 6.31. The molecule has 0 saturated carbocycles. The quantitative estimate of drug-likeness (QED) is 0.485. The maximum atomic E-state index is 12.4. The van der Waals surface area contributed by atoms with Gasteiger partial charge in [-0.2, -0.15) is 18.4 Å². The molecule has 9 nitrogen and oxygen atoms in total. The van der Waals surface area contributed by atoms with Gasteiger partial charge in [0.2, 0.25) is 12.2 Å². The summed E-state index contributed by atoms with van der Waals surface area (Å²) >= 11 is 6.13. The van der Waals surface area contributed by atoms with Crippen LogP contribution in [0.15, 0.2) is 24.4 Å². The van der Waals surface area contributed by atoms with Crippen molar-refractivity contribution in [1.29, 1.82) is 5.26 Å². The molecule has 1 fully saturated rings. The van der Waals surface area contributed by atoms with Crippen molar-refractivity contribution < 1.29 is 22.7 Å². The number of benzene rings is 1. The van der Waals surface area contributed by atoms with Crippen molar-refractivity contribution in [2.45, 2.75) is 38.2 Å². The Morgan fingerprint density at radius 1 is 1.25 bits per heavy atom. The molecular formula is C23H23ClF3N7O2. The lowest BCUT2D eigenvalue weighted by atomic mass is 10.0. The number of pyridine rings is 1. The van der Waals surface area contributed by atoms with Gasteiger partial charge in [0.25, 0.3) is 0 Å². The number of alkyl halides is 3. The molecule has 1 amide bonds. The van der Waals surface area contributed by atoms with Crippen LogP contribution in [0.1, 0.15) is 30.1 Å². The summed E-state index contributed by atoms with van der Waals surface area (Å²) in [7, 11) is 1.74. The van der Waals surface area contributed by atoms with Crippen molar-refractivity contribution in [3.05, 3.63) is 46.6 Å². The zero-order valence-corrected chi connectivity index (χ0v) is 20.1. The summed E-state index contributed by atoms with van der Waals surface area (Å²) in [5, 5.41) is 17.5. The smallest absolute Gasteiger partial charge is 0.380 e. The third-order valence-corrected chi connectivity index (χ3v) is 6.37. The van der Waals surface area contributed by atoms with E-state index in [1.54, 1.807) is 13.3 Å². The molecule has 1 unspecified atom stereocenters. The number of anilines is 1. The average Bonchev–Trinajstić information content (AvgIpc) is 3.32. The Hall–Kier alpha value is -3.43. The number of aromatic nitrogens is 4. The van der Waals surface area contributed by atoms with E-state index < -0.39 is 12.0 Å². The number of nitrogens with zero attached hydrogens (tertiary/aromatic N) is 7. The fourth-order valence-corrected chi connectivity index (χ4v) is 4.56. The van der Waals surface area contributed by atoms with Crippen LogP contribution in [0.4, 0.5) is 18.9 Å². The zero-order valence-electron chi connectivity index (χ0n) is 19.4. The molecule has 36 heavy (non-hydrogen) atoms. The highest BCUT2D eigenvalue weighted by Gasteiger charge is 2.39. The van der Waals surface area contributed by atoms with Gasteiger partial charge in [-0.1, -0.05) is 11.6 Å². The Bertz CT molecular complexity index is 1290. The summed E-state index contributed by atoms with van der Waals surface area (Å²) in [6.07, 6.45) is 0.0433. The van der Waals surface area contributed by atoms with Crippen molar-refractivity contribution in [2.75, 3.05) is 31.6 Å². The molecule has 3 aromatic rings. The summed E-state index contributed by atoms with van der Waals surface area (Å²) in [6, 6.07) is 7.84. The SMILES string of the molecule is COC1CCCN(c2c(C#N)cnc3ccc(Cl)cc23)C1.O=CN1CCn2c(nnc2C(F)(F)F)C1. The van der Waals surface area contributed by atoms with Crippen LogP contribution >= 0.6 is 11.6 Å². The minimum absolute atomic E-state index is 0.0760. The van der Waals surface area contributed by atoms with Crippen LogP contribution in [0.5, 0.6) is 0 Å². The number of methoxy groups -OCH3 is 1. The van der Waals surface area contributed by atoms with E-state index in [1.807, 2.05) is 18.2 Å². The largest absolute Gasteiger partial charge is 0.451 e. The summed E-state index contributed by atoms with van der Waals surface area (Å²) < 4.78 is 43.6. The number of piperidine rings is 1. The van der Waals surface area contributed by atoms with Crippen molar-refractivity contribution in [3.8, 4) is 6.07 Å². The summed E-state index contributed by atoms with van der Waals surface area (Å²) in [5.74, 6) is -0.830. The number of hydrogen-bond acceptors (Lipinski definition) is 7. The van der Waals surface area contributed by atoms with E-state index in [-0.39, 0.29) is 31.6 Å². The maximum Gasteiger partial charge on any atom is 0.451 e. The van der Waals surface area contributed by atoms with Gasteiger partial charge in [-0.25, -0.2) is 0 Å². The topological polar surface area (TPSA) is 100 Å². The molecule has 5 rings (SSSR count). The molecular weight excluding hydrogens is 499 g/mol. The van der Waals surface area contributed by atoms with Gasteiger partial charge in [-0.05, 0) is 31.0 Å². The third-order valence-electron chi connectivity index (χ3n) is 6.14. The van der Waals surface area contributed by atoms with Gasteiger partial charge in [-0.3, -0.25) is 9.78 Å². The molecule has 2 aromatic heterocycles. The lowest BCUT2D eigenvalue weighted by Crippen LogP contribution is -2.39. The van der Waals surface area contributed by atoms with Gasteiger partial charge in [-0.15, -0.1) is 10.2 Å². The molecule has 0 bridgehead atoms. The van der Waals surface area contributed by atoms with Crippen LogP contribution in [-0.2, 0) is 28.8 Å². The molecule has 1 saturated heterocycles. The molecule has 4 heterocycles. The number of fused-ring (bicyclic) bond motifs is 2. The van der Waals surface area contributed by atoms with E-state index in [4.69, 9.17) is 16.3 Å². The van der Waals surface area contributed by atoms with Crippen molar-refractivity contribution in [2.24, 2.45) is 0 Å². The van der Waals surface area contributed by atoms with Crippen LogP contribution in [0.3, 0.4) is 0 Å². The number of carbonyl (C=O) groups is 1. The van der Waals surface area contributed by atoms with E-state index in [0.29, 0.717) is 17.0 Å². The van der Waals surface area contributed by atoms with Crippen LogP contribution in [0, 0.1) is 11.3 Å². The average molecular weight is 522 g/mol. The monoisotopic (exact) mass is 521 g/mol. The number of hydrogen-bond donors (Lipinski definition) is 0. The van der Waals surface area contributed by atoms with Crippen LogP contribution in [0.25, 0.3) is 10.9 Å². The second-order valence-corrected chi connectivity index (χ2v) is 8.84. The van der Waals surface area contributed by atoms with E-state index in [2.05, 4.69) is 26.2 Å². The second kappa shape index (κ2) is 10.7. The van der Waals surface area contributed by atoms with Crippen molar-refractivity contribution >= 4 is 34.6 Å². The number of halogens is 4. The lowest BCUT2D eigenvalue weighted by molar-refractivity contribution is -0.148. The van der Waals surface area contributed by atoms with Gasteiger partial charge >= 0.3 is 6.18 Å². The normalized spacial score (nSPS) is 17.7. The van der Waals surface area contributed by atoms with Gasteiger partial charge < -0.3 is 19.1 Å². The molecule has 1 atom stereocenters. The van der Waals surface area contributed by atoms with Gasteiger partial charge in [0.15, 0.2) is 5.82 Å². The third kappa shape index (κ3) is 5.37. The van der Waals surface area contributed by atoms with Gasteiger partial charge in [0.05, 0.1) is 29.4 Å². The molecule has 2 aliphatic heterocycles. The number of rotatable bonds is 3. The first-order chi connectivity index (χ1) is 17.2. The first-order valence-corrected chi connectivity index (χ1v) is 11.6. The maximum absolute atomic E-state index is 12.4. The van der Waals surface area contributed by atoms with Gasteiger partial charge in [0, 0.05) is 49.9 Å². The number of amides is 1. The highest BCUT2D eigenvalue weighted by atomic mass is 35.5. The molecule has 0 N–H and O–H groups in total. The van der Waals surface area contributed by atoms with E-state index in [0.717, 1.165) is 47.1 Å². The zero-order chi connectivity index (χ0) is 25.9. The van der Waals surface area contributed by atoms with Crippen LogP contribution in [0.2, 0.25) is 5.02 Å². The first kappa shape index (κ1) is 25.7. The van der Waals surface area contributed by atoms with Crippen LogP contribution < -0.4 is 4.90 Å². The Kier molecular flexibility index (Phi) is 7.61. The Balaban J connectivity index is 0.000000179. The molecule has 1 aromatic carbocycles. The lowest BCUT2D eigenvalue weighted by Gasteiger charge is -2.34. The van der Waals surface area contributed by atoms with E-state index in [1.165, 1.54) is 4.90 Å². The first-order valence-electron chi connectivity index (χ1n) is 11.2. The fraction of sp³-hybridized carbons (Fsp3) is 0.435. The number of nitriles is 1. The highest BCUT2D eigenvalue weighted by Crippen LogP contribution is 2.33. The minimum atomic E-state index is -4.49. The molecule has 0 radical (unpaired) electrons. The Morgan fingerprint density at radius 3 is 2.75 bits per heavy atom.